The van der Waals surface area contributed by atoms with Crippen molar-refractivity contribution in [1.29, 1.82) is 0 Å². The summed E-state index contributed by atoms with van der Waals surface area (Å²) in [7, 11) is 0. The first-order valence-corrected chi connectivity index (χ1v) is 8.67. The number of likely N-dealkylation sites (tertiary alicyclic amines) is 1. The van der Waals surface area contributed by atoms with Gasteiger partial charge in [-0.15, -0.1) is 0 Å². The number of nitrogens with zero attached hydrogens (tertiary/aromatic N) is 1. The number of nitrogens with two attached hydrogens (primary N) is 1. The molecule has 106 valence electrons. The van der Waals surface area contributed by atoms with E-state index in [1.807, 2.05) is 11.3 Å². The fraction of sp³-hybridized carbons (Fsp3) is 0.750. The molecule has 2 fully saturated rings. The second-order valence-electron chi connectivity index (χ2n) is 6.58. The molecule has 3 unspecified atom stereocenters. The molecule has 1 aliphatic carbocycles. The van der Waals surface area contributed by atoms with Crippen LogP contribution in [0.3, 0.4) is 0 Å². The molecule has 1 aromatic heterocycles. The third kappa shape index (κ3) is 3.21. The van der Waals surface area contributed by atoms with Crippen LogP contribution in [-0.4, -0.2) is 30.1 Å². The fourth-order valence-electron chi connectivity index (χ4n) is 3.73. The van der Waals surface area contributed by atoms with Crippen molar-refractivity contribution < 1.29 is 0 Å². The molecule has 19 heavy (non-hydrogen) atoms. The topological polar surface area (TPSA) is 29.3 Å². The molecule has 3 atom stereocenters. The molecule has 1 aromatic rings. The van der Waals surface area contributed by atoms with Gasteiger partial charge in [0.15, 0.2) is 0 Å². The molecular weight excluding hydrogens is 252 g/mol. The van der Waals surface area contributed by atoms with Crippen LogP contribution in [0.25, 0.3) is 0 Å². The zero-order valence-corrected chi connectivity index (χ0v) is 12.7. The lowest BCUT2D eigenvalue weighted by Crippen LogP contribution is -2.53. The summed E-state index contributed by atoms with van der Waals surface area (Å²) >= 11 is 1.81. The Kier molecular flexibility index (Phi) is 4.25. The zero-order valence-electron chi connectivity index (χ0n) is 11.9. The second-order valence-corrected chi connectivity index (χ2v) is 7.36. The summed E-state index contributed by atoms with van der Waals surface area (Å²) in [5, 5.41) is 4.48. The first-order valence-electron chi connectivity index (χ1n) is 7.73. The first kappa shape index (κ1) is 13.6. The van der Waals surface area contributed by atoms with Crippen LogP contribution < -0.4 is 5.73 Å². The van der Waals surface area contributed by atoms with Gasteiger partial charge in [0.25, 0.3) is 0 Å². The number of hydrogen-bond donors (Lipinski definition) is 1. The van der Waals surface area contributed by atoms with E-state index in [0.717, 1.165) is 24.4 Å². The maximum atomic E-state index is 6.30. The SMILES string of the molecule is CC(C1CCC1)N1CC(N)CC(Cc2ccsc2)C1. The van der Waals surface area contributed by atoms with Crippen LogP contribution in [-0.2, 0) is 6.42 Å². The van der Waals surface area contributed by atoms with E-state index in [9.17, 15) is 0 Å². The smallest absolute Gasteiger partial charge is 0.0171 e. The van der Waals surface area contributed by atoms with E-state index in [2.05, 4.69) is 28.7 Å². The van der Waals surface area contributed by atoms with Gasteiger partial charge in [0.05, 0.1) is 0 Å². The molecule has 0 amide bonds. The minimum absolute atomic E-state index is 0.375. The predicted molar refractivity (Wildman–Crippen MR) is 82.5 cm³/mol. The van der Waals surface area contributed by atoms with Gasteiger partial charge in [-0.1, -0.05) is 6.42 Å². The van der Waals surface area contributed by atoms with Crippen molar-refractivity contribution in [3.63, 3.8) is 0 Å². The molecule has 1 saturated heterocycles. The average Bonchev–Trinajstić information content (AvgIpc) is 2.78. The van der Waals surface area contributed by atoms with Crippen LogP contribution in [0.1, 0.15) is 38.2 Å². The Hall–Kier alpha value is -0.380. The van der Waals surface area contributed by atoms with Crippen molar-refractivity contribution in [2.75, 3.05) is 13.1 Å². The van der Waals surface area contributed by atoms with Gasteiger partial charge in [-0.05, 0) is 66.8 Å². The standard InChI is InChI=1S/C16H26N2S/c1-12(15-3-2-4-15)18-9-14(8-16(17)10-18)7-13-5-6-19-11-13/h5-6,11-12,14-16H,2-4,7-10,17H2,1H3. The highest BCUT2D eigenvalue weighted by atomic mass is 32.1. The first-order chi connectivity index (χ1) is 9.22. The Morgan fingerprint density at radius 1 is 1.42 bits per heavy atom. The van der Waals surface area contributed by atoms with Crippen LogP contribution in [0.15, 0.2) is 16.8 Å². The van der Waals surface area contributed by atoms with Gasteiger partial charge in [0, 0.05) is 25.2 Å². The predicted octanol–water partition coefficient (Wildman–Crippen LogP) is 3.13. The minimum Gasteiger partial charge on any atom is -0.327 e. The van der Waals surface area contributed by atoms with E-state index in [1.165, 1.54) is 44.2 Å². The Morgan fingerprint density at radius 3 is 2.89 bits per heavy atom. The van der Waals surface area contributed by atoms with Crippen molar-refractivity contribution in [2.45, 2.75) is 51.1 Å². The van der Waals surface area contributed by atoms with Gasteiger partial charge < -0.3 is 5.73 Å². The number of rotatable bonds is 4. The third-order valence-corrected chi connectivity index (χ3v) is 5.84. The molecule has 0 radical (unpaired) electrons. The Morgan fingerprint density at radius 2 is 2.26 bits per heavy atom. The van der Waals surface area contributed by atoms with E-state index < -0.39 is 0 Å². The summed E-state index contributed by atoms with van der Waals surface area (Å²) in [4.78, 5) is 2.68. The number of thiophene rings is 1. The molecular formula is C16H26N2S. The molecule has 2 aliphatic rings. The van der Waals surface area contributed by atoms with Crippen molar-refractivity contribution in [3.8, 4) is 0 Å². The van der Waals surface area contributed by atoms with Crippen LogP contribution >= 0.6 is 11.3 Å². The van der Waals surface area contributed by atoms with E-state index >= 15 is 0 Å². The Labute approximate surface area is 121 Å². The lowest BCUT2D eigenvalue weighted by atomic mass is 9.78. The maximum Gasteiger partial charge on any atom is 0.0171 e. The summed E-state index contributed by atoms with van der Waals surface area (Å²) in [6.45, 7) is 4.78. The van der Waals surface area contributed by atoms with E-state index in [1.54, 1.807) is 0 Å². The lowest BCUT2D eigenvalue weighted by Gasteiger charge is -2.45. The van der Waals surface area contributed by atoms with Gasteiger partial charge in [0.1, 0.15) is 0 Å². The van der Waals surface area contributed by atoms with Gasteiger partial charge in [-0.3, -0.25) is 4.90 Å². The van der Waals surface area contributed by atoms with E-state index in [-0.39, 0.29) is 0 Å². The molecule has 0 bridgehead atoms. The van der Waals surface area contributed by atoms with Gasteiger partial charge >= 0.3 is 0 Å². The van der Waals surface area contributed by atoms with E-state index in [0.29, 0.717) is 6.04 Å². The van der Waals surface area contributed by atoms with Crippen molar-refractivity contribution in [3.05, 3.63) is 22.4 Å². The van der Waals surface area contributed by atoms with Gasteiger partial charge in [0.2, 0.25) is 0 Å². The van der Waals surface area contributed by atoms with Gasteiger partial charge in [-0.2, -0.15) is 11.3 Å². The Balaban J connectivity index is 1.59. The van der Waals surface area contributed by atoms with Gasteiger partial charge in [-0.25, -0.2) is 0 Å². The average molecular weight is 278 g/mol. The minimum atomic E-state index is 0.375. The fourth-order valence-corrected chi connectivity index (χ4v) is 4.41. The normalized spacial score (nSPS) is 31.1. The molecule has 1 saturated carbocycles. The molecule has 2 nitrogen and oxygen atoms in total. The van der Waals surface area contributed by atoms with Crippen molar-refractivity contribution >= 4 is 11.3 Å². The van der Waals surface area contributed by atoms with Crippen LogP contribution in [0.5, 0.6) is 0 Å². The monoisotopic (exact) mass is 278 g/mol. The highest BCUT2D eigenvalue weighted by Gasteiger charge is 2.33. The summed E-state index contributed by atoms with van der Waals surface area (Å²) in [5.74, 6) is 1.69. The molecule has 3 rings (SSSR count). The highest BCUT2D eigenvalue weighted by molar-refractivity contribution is 7.07. The van der Waals surface area contributed by atoms with Crippen LogP contribution in [0.2, 0.25) is 0 Å². The molecule has 2 N–H and O–H groups in total. The zero-order chi connectivity index (χ0) is 13.2. The van der Waals surface area contributed by atoms with E-state index in [4.69, 9.17) is 5.73 Å². The molecule has 0 aromatic carbocycles. The van der Waals surface area contributed by atoms with Crippen LogP contribution in [0.4, 0.5) is 0 Å². The largest absolute Gasteiger partial charge is 0.327 e. The maximum absolute atomic E-state index is 6.30. The third-order valence-electron chi connectivity index (χ3n) is 5.11. The molecule has 3 heteroatoms. The summed E-state index contributed by atoms with van der Waals surface area (Å²) in [6, 6.07) is 3.38. The Bertz CT molecular complexity index is 385. The van der Waals surface area contributed by atoms with Crippen LogP contribution in [0, 0.1) is 11.8 Å². The van der Waals surface area contributed by atoms with Crippen molar-refractivity contribution in [1.82, 2.24) is 4.90 Å². The summed E-state index contributed by atoms with van der Waals surface area (Å²) in [6.07, 6.45) is 6.71. The highest BCUT2D eigenvalue weighted by Crippen LogP contribution is 2.34. The number of piperidine rings is 1. The lowest BCUT2D eigenvalue weighted by molar-refractivity contribution is 0.0588. The second kappa shape index (κ2) is 5.94. The number of hydrogen-bond acceptors (Lipinski definition) is 3. The summed E-state index contributed by atoms with van der Waals surface area (Å²) < 4.78 is 0. The van der Waals surface area contributed by atoms with Crippen molar-refractivity contribution in [2.24, 2.45) is 17.6 Å². The quantitative estimate of drug-likeness (QED) is 0.917. The molecule has 0 spiro atoms. The molecule has 1 aliphatic heterocycles. The molecule has 2 heterocycles. The summed E-state index contributed by atoms with van der Waals surface area (Å²) in [5.41, 5.74) is 7.80.